The molecule has 5 nitrogen and oxygen atoms in total. The summed E-state index contributed by atoms with van der Waals surface area (Å²) in [5.41, 5.74) is 1.45. The van der Waals surface area contributed by atoms with Gasteiger partial charge in [-0.25, -0.2) is 13.2 Å². The van der Waals surface area contributed by atoms with Gasteiger partial charge in [-0.05, 0) is 30.5 Å². The summed E-state index contributed by atoms with van der Waals surface area (Å²) in [6.45, 7) is 1.02. The Labute approximate surface area is 133 Å². The zero-order valence-corrected chi connectivity index (χ0v) is 14.2. The minimum Gasteiger partial charge on any atom is -0.465 e. The summed E-state index contributed by atoms with van der Waals surface area (Å²) in [7, 11) is -1.57. The average Bonchev–Trinajstić information content (AvgIpc) is 2.78. The van der Waals surface area contributed by atoms with Gasteiger partial charge in [0.1, 0.15) is 0 Å². The molecule has 0 bridgehead atoms. The highest BCUT2D eigenvalue weighted by molar-refractivity contribution is 9.10. The summed E-state index contributed by atoms with van der Waals surface area (Å²) in [4.78, 5) is 11.4. The summed E-state index contributed by atoms with van der Waals surface area (Å²) in [6.07, 6.45) is 1.49. The molecule has 1 aliphatic rings. The van der Waals surface area contributed by atoms with Crippen molar-refractivity contribution >= 4 is 31.7 Å². The van der Waals surface area contributed by atoms with Crippen LogP contribution in [0.4, 0.5) is 0 Å². The van der Waals surface area contributed by atoms with Crippen molar-refractivity contribution in [2.75, 3.05) is 19.4 Å². The molecule has 21 heavy (non-hydrogen) atoms. The maximum absolute atomic E-state index is 11.7. The number of sulfone groups is 1. The summed E-state index contributed by atoms with van der Waals surface area (Å²) in [5, 5.41) is 2.90. The van der Waals surface area contributed by atoms with Gasteiger partial charge >= 0.3 is 5.97 Å². The van der Waals surface area contributed by atoms with Crippen LogP contribution in [0.1, 0.15) is 28.8 Å². The van der Waals surface area contributed by atoms with Crippen LogP contribution in [0.5, 0.6) is 0 Å². The normalized spacial score (nSPS) is 20.4. The molecule has 1 aromatic rings. The number of halogens is 1. The Kier molecular flexibility index (Phi) is 5.40. The van der Waals surface area contributed by atoms with E-state index in [1.807, 2.05) is 6.07 Å². The highest BCUT2D eigenvalue weighted by Crippen LogP contribution is 2.21. The average molecular weight is 376 g/mol. The number of esters is 1. The first kappa shape index (κ1) is 16.5. The number of hydrogen-bond donors (Lipinski definition) is 1. The van der Waals surface area contributed by atoms with Gasteiger partial charge < -0.3 is 10.1 Å². The second kappa shape index (κ2) is 6.89. The predicted octanol–water partition coefficient (Wildman–Crippen LogP) is 1.90. The van der Waals surface area contributed by atoms with E-state index in [9.17, 15) is 13.2 Å². The van der Waals surface area contributed by atoms with Gasteiger partial charge in [0, 0.05) is 17.6 Å². The standard InChI is InChI=1S/C14H18BrNO4S/c1-20-14(17)10-4-5-11(13(15)7-10)8-16-9-12-3-2-6-21(12,18)19/h4-5,7,12,16H,2-3,6,8-9H2,1H3. The highest BCUT2D eigenvalue weighted by Gasteiger charge is 2.30. The monoisotopic (exact) mass is 375 g/mol. The Morgan fingerprint density at radius 3 is 2.81 bits per heavy atom. The second-order valence-corrected chi connectivity index (χ2v) is 8.31. The van der Waals surface area contributed by atoms with Gasteiger partial charge in [0.25, 0.3) is 0 Å². The fourth-order valence-electron chi connectivity index (χ4n) is 2.39. The topological polar surface area (TPSA) is 72.5 Å². The van der Waals surface area contributed by atoms with Crippen LogP contribution in [0.15, 0.2) is 22.7 Å². The lowest BCUT2D eigenvalue weighted by atomic mass is 10.1. The lowest BCUT2D eigenvalue weighted by molar-refractivity contribution is 0.0600. The Balaban J connectivity index is 1.93. The van der Waals surface area contributed by atoms with Crippen LogP contribution in [0.2, 0.25) is 0 Å². The van der Waals surface area contributed by atoms with E-state index in [0.29, 0.717) is 24.4 Å². The van der Waals surface area contributed by atoms with E-state index in [2.05, 4.69) is 26.0 Å². The zero-order valence-electron chi connectivity index (χ0n) is 11.8. The number of carbonyl (C=O) groups is 1. The molecule has 0 aromatic heterocycles. The first-order valence-electron chi connectivity index (χ1n) is 6.73. The molecule has 116 valence electrons. The van der Waals surface area contributed by atoms with Gasteiger partial charge in [-0.3, -0.25) is 0 Å². The zero-order chi connectivity index (χ0) is 15.5. The minimum atomic E-state index is -2.91. The van der Waals surface area contributed by atoms with Crippen LogP contribution >= 0.6 is 15.9 Å². The molecule has 1 unspecified atom stereocenters. The fraction of sp³-hybridized carbons (Fsp3) is 0.500. The Morgan fingerprint density at radius 1 is 1.48 bits per heavy atom. The number of rotatable bonds is 5. The number of nitrogens with one attached hydrogen (secondary N) is 1. The molecule has 0 radical (unpaired) electrons. The molecule has 0 aliphatic carbocycles. The first-order chi connectivity index (χ1) is 9.94. The molecule has 1 saturated heterocycles. The van der Waals surface area contributed by atoms with Crippen LogP contribution in [0, 0.1) is 0 Å². The van der Waals surface area contributed by atoms with Gasteiger partial charge in [-0.1, -0.05) is 22.0 Å². The van der Waals surface area contributed by atoms with Crippen LogP contribution in [0.25, 0.3) is 0 Å². The van der Waals surface area contributed by atoms with Crippen molar-refractivity contribution < 1.29 is 17.9 Å². The van der Waals surface area contributed by atoms with Crippen LogP contribution in [-0.2, 0) is 21.1 Å². The summed E-state index contributed by atoms with van der Waals surface area (Å²) in [6, 6.07) is 5.22. The third kappa shape index (κ3) is 4.05. The molecular formula is C14H18BrNO4S. The first-order valence-corrected chi connectivity index (χ1v) is 9.24. The maximum Gasteiger partial charge on any atom is 0.337 e. The molecule has 1 aliphatic heterocycles. The van der Waals surface area contributed by atoms with Gasteiger partial charge in [0.05, 0.1) is 23.7 Å². The summed E-state index contributed by atoms with van der Waals surface area (Å²) >= 11 is 3.41. The largest absolute Gasteiger partial charge is 0.465 e. The summed E-state index contributed by atoms with van der Waals surface area (Å²) < 4.78 is 28.9. The third-order valence-electron chi connectivity index (χ3n) is 3.62. The molecular weight excluding hydrogens is 358 g/mol. The molecule has 1 aromatic carbocycles. The van der Waals surface area contributed by atoms with Crippen LogP contribution < -0.4 is 5.32 Å². The van der Waals surface area contributed by atoms with Gasteiger partial charge in [-0.15, -0.1) is 0 Å². The van der Waals surface area contributed by atoms with Crippen molar-refractivity contribution in [3.8, 4) is 0 Å². The van der Waals surface area contributed by atoms with E-state index in [4.69, 9.17) is 0 Å². The predicted molar refractivity (Wildman–Crippen MR) is 84.0 cm³/mol. The number of benzene rings is 1. The maximum atomic E-state index is 11.7. The lowest BCUT2D eigenvalue weighted by Crippen LogP contribution is -2.30. The second-order valence-electron chi connectivity index (χ2n) is 5.06. The molecule has 1 atom stereocenters. The summed E-state index contributed by atoms with van der Waals surface area (Å²) in [5.74, 6) is -0.0797. The van der Waals surface area contributed by atoms with E-state index in [-0.39, 0.29) is 11.2 Å². The van der Waals surface area contributed by atoms with Crippen molar-refractivity contribution in [2.45, 2.75) is 24.6 Å². The molecule has 1 fully saturated rings. The van der Waals surface area contributed by atoms with Gasteiger partial charge in [0.15, 0.2) is 9.84 Å². The highest BCUT2D eigenvalue weighted by atomic mass is 79.9. The molecule has 7 heteroatoms. The lowest BCUT2D eigenvalue weighted by Gasteiger charge is -2.12. The third-order valence-corrected chi connectivity index (χ3v) is 6.64. The fourth-order valence-corrected chi connectivity index (χ4v) is 4.71. The minimum absolute atomic E-state index is 0.273. The van der Waals surface area contributed by atoms with Crippen LogP contribution in [0.3, 0.4) is 0 Å². The van der Waals surface area contributed by atoms with E-state index in [1.54, 1.807) is 12.1 Å². The Morgan fingerprint density at radius 2 is 2.24 bits per heavy atom. The van der Waals surface area contributed by atoms with Crippen molar-refractivity contribution in [3.05, 3.63) is 33.8 Å². The van der Waals surface area contributed by atoms with Crippen molar-refractivity contribution in [1.82, 2.24) is 5.32 Å². The number of methoxy groups -OCH3 is 1. The molecule has 0 amide bonds. The smallest absolute Gasteiger partial charge is 0.337 e. The Bertz CT molecular complexity index is 630. The van der Waals surface area contributed by atoms with Crippen LogP contribution in [-0.4, -0.2) is 39.0 Å². The van der Waals surface area contributed by atoms with Gasteiger partial charge in [-0.2, -0.15) is 0 Å². The molecule has 1 heterocycles. The quantitative estimate of drug-likeness (QED) is 0.795. The van der Waals surface area contributed by atoms with Crippen molar-refractivity contribution in [1.29, 1.82) is 0 Å². The number of hydrogen-bond acceptors (Lipinski definition) is 5. The molecule has 0 saturated carbocycles. The van der Waals surface area contributed by atoms with E-state index in [0.717, 1.165) is 22.9 Å². The Hall–Kier alpha value is -0.920. The number of ether oxygens (including phenoxy) is 1. The van der Waals surface area contributed by atoms with E-state index in [1.165, 1.54) is 7.11 Å². The van der Waals surface area contributed by atoms with Gasteiger partial charge in [0.2, 0.25) is 0 Å². The van der Waals surface area contributed by atoms with E-state index >= 15 is 0 Å². The molecule has 2 rings (SSSR count). The molecule has 1 N–H and O–H groups in total. The van der Waals surface area contributed by atoms with E-state index < -0.39 is 9.84 Å². The molecule has 0 spiro atoms. The van der Waals surface area contributed by atoms with Crippen molar-refractivity contribution in [3.63, 3.8) is 0 Å². The SMILES string of the molecule is COC(=O)c1ccc(CNCC2CCCS2(=O)=O)c(Br)c1. The van der Waals surface area contributed by atoms with Crippen molar-refractivity contribution in [2.24, 2.45) is 0 Å². The number of carbonyl (C=O) groups excluding carboxylic acids is 1.